The number of nitrogens with zero attached hydrogens (tertiary/aromatic N) is 1. The second kappa shape index (κ2) is 8.64. The van der Waals surface area contributed by atoms with Crippen LogP contribution in [0, 0.1) is 0 Å². The monoisotopic (exact) mass is 420 g/mol. The minimum atomic E-state index is -1.29. The summed E-state index contributed by atoms with van der Waals surface area (Å²) in [6.07, 6.45) is 0. The molecule has 10 nitrogen and oxygen atoms in total. The Kier molecular flexibility index (Phi) is 6.20. The molecule has 0 bridgehead atoms. The van der Waals surface area contributed by atoms with E-state index in [9.17, 15) is 24.3 Å². The predicted molar refractivity (Wildman–Crippen MR) is 103 cm³/mol. The zero-order valence-corrected chi connectivity index (χ0v) is 16.3. The van der Waals surface area contributed by atoms with Gasteiger partial charge in [-0.3, -0.25) is 25.1 Å². The van der Waals surface area contributed by atoms with E-state index in [1.807, 2.05) is 0 Å². The molecule has 3 rings (SSSR count). The normalized spacial score (nSPS) is 21.7. The largest absolute Gasteiger partial charge is 0.477 e. The summed E-state index contributed by atoms with van der Waals surface area (Å²) < 4.78 is 4.89. The number of thioether (sulfide) groups is 1. The lowest BCUT2D eigenvalue weighted by Crippen LogP contribution is -2.71. The van der Waals surface area contributed by atoms with Gasteiger partial charge in [0.25, 0.3) is 5.91 Å². The van der Waals surface area contributed by atoms with Crippen molar-refractivity contribution < 1.29 is 29.0 Å². The number of amides is 2. The van der Waals surface area contributed by atoms with Gasteiger partial charge in [-0.1, -0.05) is 30.3 Å². The van der Waals surface area contributed by atoms with Crippen LogP contribution in [0.2, 0.25) is 0 Å². The molecule has 0 spiro atoms. The number of carbonyl (C=O) groups is 4. The number of esters is 1. The number of hydrogen-bond donors (Lipinski definition) is 4. The molecule has 1 saturated heterocycles. The molecule has 0 unspecified atom stereocenters. The van der Waals surface area contributed by atoms with E-state index < -0.39 is 41.2 Å². The number of rotatable bonds is 7. The number of hydrazine groups is 1. The number of benzene rings is 1. The zero-order valence-electron chi connectivity index (χ0n) is 15.5. The van der Waals surface area contributed by atoms with Gasteiger partial charge in [-0.2, -0.15) is 0 Å². The minimum absolute atomic E-state index is 0.204. The van der Waals surface area contributed by atoms with Crippen molar-refractivity contribution in [2.75, 3.05) is 12.4 Å². The van der Waals surface area contributed by atoms with Gasteiger partial charge in [-0.05, 0) is 5.56 Å². The maximum atomic E-state index is 12.6. The van der Waals surface area contributed by atoms with Crippen LogP contribution >= 0.6 is 11.8 Å². The van der Waals surface area contributed by atoms with Gasteiger partial charge >= 0.3 is 11.9 Å². The maximum absolute atomic E-state index is 12.6. The number of aliphatic carboxylic acids is 1. The first-order valence-electron chi connectivity index (χ1n) is 8.70. The Hall–Kier alpha value is -2.89. The van der Waals surface area contributed by atoms with Crippen LogP contribution in [0.5, 0.6) is 0 Å². The van der Waals surface area contributed by atoms with Crippen molar-refractivity contribution in [1.82, 2.24) is 15.6 Å². The molecule has 0 aromatic heterocycles. The number of carboxylic acids is 1. The van der Waals surface area contributed by atoms with Gasteiger partial charge in [0.1, 0.15) is 29.8 Å². The third kappa shape index (κ3) is 4.11. The first-order valence-corrected chi connectivity index (χ1v) is 9.74. The van der Waals surface area contributed by atoms with Crippen molar-refractivity contribution >= 4 is 35.5 Å². The standard InChI is InChI=1S/C18H20N4O6S/c1-9(23)28-7-11-8-29-17-13(16(25)22(17)14(11)18(26)27)20-15(24)12(21-19)10-5-3-2-4-6-10/h2-6,12-13,17,21H,7-8,19H2,1H3,(H,20,24)(H,26,27)/t12-,13-,17-/m1/s1. The summed E-state index contributed by atoms with van der Waals surface area (Å²) in [4.78, 5) is 49.1. The molecule has 0 aliphatic carbocycles. The number of ether oxygens (including phenoxy) is 1. The summed E-state index contributed by atoms with van der Waals surface area (Å²) in [5, 5.41) is 11.6. The Morgan fingerprint density at radius 3 is 2.62 bits per heavy atom. The van der Waals surface area contributed by atoms with E-state index in [-0.39, 0.29) is 18.1 Å². The summed E-state index contributed by atoms with van der Waals surface area (Å²) in [5.74, 6) is 2.89. The van der Waals surface area contributed by atoms with Gasteiger partial charge in [0.2, 0.25) is 5.91 Å². The Morgan fingerprint density at radius 1 is 1.34 bits per heavy atom. The van der Waals surface area contributed by atoms with Gasteiger partial charge in [-0.15, -0.1) is 11.8 Å². The first-order chi connectivity index (χ1) is 13.8. The quantitative estimate of drug-likeness (QED) is 0.198. The third-order valence-electron chi connectivity index (χ3n) is 4.56. The van der Waals surface area contributed by atoms with Crippen molar-refractivity contribution in [2.45, 2.75) is 24.4 Å². The number of carbonyl (C=O) groups excluding carboxylic acids is 3. The van der Waals surface area contributed by atoms with Crippen LogP contribution in [0.1, 0.15) is 18.5 Å². The fourth-order valence-electron chi connectivity index (χ4n) is 3.19. The molecule has 2 amide bonds. The summed E-state index contributed by atoms with van der Waals surface area (Å²) in [6, 6.07) is 7.02. The zero-order chi connectivity index (χ0) is 21.1. The maximum Gasteiger partial charge on any atom is 0.352 e. The molecule has 0 radical (unpaired) electrons. The average Bonchev–Trinajstić information content (AvgIpc) is 2.70. The van der Waals surface area contributed by atoms with E-state index >= 15 is 0 Å². The van der Waals surface area contributed by atoms with Crippen LogP contribution in [-0.2, 0) is 23.9 Å². The highest BCUT2D eigenvalue weighted by Gasteiger charge is 2.54. The number of nitrogens with two attached hydrogens (primary N) is 1. The highest BCUT2D eigenvalue weighted by molar-refractivity contribution is 8.00. The van der Waals surface area contributed by atoms with Gasteiger partial charge < -0.3 is 15.2 Å². The van der Waals surface area contributed by atoms with Gasteiger partial charge in [0, 0.05) is 18.2 Å². The minimum Gasteiger partial charge on any atom is -0.477 e. The topological polar surface area (TPSA) is 151 Å². The van der Waals surface area contributed by atoms with Crippen molar-refractivity contribution in [3.05, 3.63) is 47.2 Å². The highest BCUT2D eigenvalue weighted by atomic mass is 32.2. The second-order valence-corrected chi connectivity index (χ2v) is 7.55. The number of fused-ring (bicyclic) bond motifs is 1. The molecular weight excluding hydrogens is 400 g/mol. The van der Waals surface area contributed by atoms with Crippen LogP contribution in [0.4, 0.5) is 0 Å². The summed E-state index contributed by atoms with van der Waals surface area (Å²) >= 11 is 1.29. The van der Waals surface area contributed by atoms with E-state index in [2.05, 4.69) is 10.7 Å². The highest BCUT2D eigenvalue weighted by Crippen LogP contribution is 2.40. The van der Waals surface area contributed by atoms with Gasteiger partial charge in [0.05, 0.1) is 0 Å². The lowest BCUT2D eigenvalue weighted by molar-refractivity contribution is -0.151. The lowest BCUT2D eigenvalue weighted by Gasteiger charge is -2.49. The van der Waals surface area contributed by atoms with E-state index in [1.165, 1.54) is 18.7 Å². The number of carboxylic acid groups (broad SMARTS) is 1. The molecule has 2 aliphatic heterocycles. The molecule has 0 saturated carbocycles. The summed E-state index contributed by atoms with van der Waals surface area (Å²) in [5.41, 5.74) is 3.18. The first kappa shape index (κ1) is 20.8. The SMILES string of the molecule is CC(=O)OCC1=C(C(=O)O)N2C(=O)[C@@H](NC(=O)[C@H](NN)c3ccccc3)[C@H]2SC1. The number of hydrogen-bond acceptors (Lipinski definition) is 8. The molecule has 11 heteroatoms. The lowest BCUT2D eigenvalue weighted by atomic mass is 10.0. The van der Waals surface area contributed by atoms with E-state index in [0.29, 0.717) is 11.1 Å². The van der Waals surface area contributed by atoms with Crippen molar-refractivity contribution in [2.24, 2.45) is 5.84 Å². The molecule has 154 valence electrons. The molecule has 1 aromatic rings. The van der Waals surface area contributed by atoms with Crippen LogP contribution < -0.4 is 16.6 Å². The molecule has 1 aromatic carbocycles. The molecule has 3 atom stereocenters. The van der Waals surface area contributed by atoms with E-state index in [1.54, 1.807) is 30.3 Å². The Labute approximate surface area is 170 Å². The van der Waals surface area contributed by atoms with Crippen molar-refractivity contribution in [3.63, 3.8) is 0 Å². The smallest absolute Gasteiger partial charge is 0.352 e. The predicted octanol–water partition coefficient (Wildman–Crippen LogP) is -0.507. The Balaban J connectivity index is 1.74. The van der Waals surface area contributed by atoms with E-state index in [0.717, 1.165) is 4.90 Å². The summed E-state index contributed by atoms with van der Waals surface area (Å²) in [6.45, 7) is 1.01. The average molecular weight is 420 g/mol. The van der Waals surface area contributed by atoms with Crippen LogP contribution in [-0.4, -0.2) is 57.5 Å². The van der Waals surface area contributed by atoms with Crippen LogP contribution in [0.25, 0.3) is 0 Å². The molecule has 5 N–H and O–H groups in total. The molecular formula is C18H20N4O6S. The van der Waals surface area contributed by atoms with Crippen molar-refractivity contribution in [3.8, 4) is 0 Å². The van der Waals surface area contributed by atoms with Gasteiger partial charge in [0.15, 0.2) is 0 Å². The molecule has 2 aliphatic rings. The van der Waals surface area contributed by atoms with E-state index in [4.69, 9.17) is 10.6 Å². The van der Waals surface area contributed by atoms with Gasteiger partial charge in [-0.25, -0.2) is 10.2 Å². The Bertz CT molecular complexity index is 874. The Morgan fingerprint density at radius 2 is 2.03 bits per heavy atom. The number of β-lactam (4-membered cyclic amide) rings is 1. The third-order valence-corrected chi connectivity index (χ3v) is 5.90. The van der Waals surface area contributed by atoms with Crippen LogP contribution in [0.3, 0.4) is 0 Å². The fraction of sp³-hybridized carbons (Fsp3) is 0.333. The molecule has 29 heavy (non-hydrogen) atoms. The second-order valence-electron chi connectivity index (χ2n) is 6.44. The molecule has 2 heterocycles. The number of nitrogens with one attached hydrogen (secondary N) is 2. The van der Waals surface area contributed by atoms with Crippen LogP contribution in [0.15, 0.2) is 41.6 Å². The summed E-state index contributed by atoms with van der Waals surface area (Å²) in [7, 11) is 0. The fourth-order valence-corrected chi connectivity index (χ4v) is 4.52. The van der Waals surface area contributed by atoms with Crippen molar-refractivity contribution in [1.29, 1.82) is 0 Å². The molecule has 1 fully saturated rings.